The van der Waals surface area contributed by atoms with Gasteiger partial charge in [-0.25, -0.2) is 0 Å². The summed E-state index contributed by atoms with van der Waals surface area (Å²) in [6.07, 6.45) is 17.8. The molecule has 4 aliphatic carbocycles. The number of rotatable bonds is 10. The summed E-state index contributed by atoms with van der Waals surface area (Å²) in [4.78, 5) is 13.3. The van der Waals surface area contributed by atoms with Gasteiger partial charge in [-0.05, 0) is 116 Å². The molecule has 222 valence electrons. The van der Waals surface area contributed by atoms with E-state index in [9.17, 15) is 4.79 Å². The summed E-state index contributed by atoms with van der Waals surface area (Å²) in [5.41, 5.74) is 2.58. The average molecular weight is 565 g/mol. The molecule has 0 bridgehead atoms. The molecular weight excluding hydrogens is 508 g/mol. The van der Waals surface area contributed by atoms with Crippen LogP contribution in [0.5, 0.6) is 5.75 Å². The number of allylic oxidation sites excluding steroid dienone is 2. The number of ether oxygens (including phenoxy) is 1. The fourth-order valence-corrected chi connectivity index (χ4v) is 11.1. The zero-order valence-electron chi connectivity index (χ0n) is 26.3. The smallest absolute Gasteiger partial charge is 0.229 e. The first-order chi connectivity index (χ1) is 19.2. The van der Waals surface area contributed by atoms with E-state index < -0.39 is 0 Å². The Balaban J connectivity index is 1.22. The van der Waals surface area contributed by atoms with Crippen LogP contribution in [0.4, 0.5) is 0 Å². The van der Waals surface area contributed by atoms with Crippen LogP contribution in [-0.2, 0) is 4.79 Å². The zero-order chi connectivity index (χ0) is 28.5. The first-order valence-corrected chi connectivity index (χ1v) is 17.6. The Morgan fingerprint density at radius 2 is 1.77 bits per heavy atom. The molecule has 40 heavy (non-hydrogen) atoms. The first kappa shape index (κ1) is 30.2. The van der Waals surface area contributed by atoms with Crippen LogP contribution in [0.15, 0.2) is 42.0 Å². The molecule has 0 aliphatic heterocycles. The molecule has 0 saturated heterocycles. The molecular formula is C37H56O2S. The van der Waals surface area contributed by atoms with Crippen molar-refractivity contribution >= 4 is 16.9 Å². The Morgan fingerprint density at radius 1 is 1.00 bits per heavy atom. The highest BCUT2D eigenvalue weighted by Gasteiger charge is 2.59. The van der Waals surface area contributed by atoms with Crippen molar-refractivity contribution in [1.82, 2.24) is 0 Å². The quantitative estimate of drug-likeness (QED) is 0.264. The second-order valence-corrected chi connectivity index (χ2v) is 16.2. The minimum atomic E-state index is -0.357. The highest BCUT2D eigenvalue weighted by Crippen LogP contribution is 2.67. The lowest BCUT2D eigenvalue weighted by Gasteiger charge is -2.58. The molecule has 0 radical (unpaired) electrons. The summed E-state index contributed by atoms with van der Waals surface area (Å²) in [5.74, 6) is 6.05. The molecule has 3 fully saturated rings. The van der Waals surface area contributed by atoms with Gasteiger partial charge in [-0.15, -0.1) is 0 Å². The fraction of sp³-hybridized carbons (Fsp3) is 0.757. The van der Waals surface area contributed by atoms with Crippen molar-refractivity contribution in [3.8, 4) is 5.75 Å². The molecule has 9 atom stereocenters. The van der Waals surface area contributed by atoms with Gasteiger partial charge in [0.15, 0.2) is 6.10 Å². The summed E-state index contributed by atoms with van der Waals surface area (Å²) in [6, 6.07) is 9.83. The standard InChI is InChI=1S/C37H56O2S/c1-7-34(39-28-14-9-8-10-15-28)35(38)40-29-20-22-36(5)27(24-29)16-17-30-32-19-18-31(26(4)13-11-12-25(2)3)37(32,6)23-21-33(30)36/h8-10,14-16,25-26,29-34H,7,11-13,17-24H2,1-6H3/t26-,29-,30-,31+,32-,33-,34-,36-,37+/m0/s1. The third-order valence-corrected chi connectivity index (χ3v) is 13.4. The van der Waals surface area contributed by atoms with E-state index in [1.54, 1.807) is 17.3 Å². The molecule has 1 aromatic rings. The number of carbonyl (C=O) groups excluding carboxylic acids is 1. The van der Waals surface area contributed by atoms with Gasteiger partial charge in [-0.3, -0.25) is 4.79 Å². The Labute approximate surface area is 249 Å². The first-order valence-electron chi connectivity index (χ1n) is 16.8. The van der Waals surface area contributed by atoms with Crippen LogP contribution in [0, 0.1) is 46.3 Å². The third-order valence-electron chi connectivity index (χ3n) is 12.2. The van der Waals surface area contributed by atoms with E-state index in [1.807, 2.05) is 30.3 Å². The third kappa shape index (κ3) is 5.97. The number of fused-ring (bicyclic) bond motifs is 5. The van der Waals surface area contributed by atoms with Crippen LogP contribution in [0.1, 0.15) is 119 Å². The lowest BCUT2D eigenvalue weighted by atomic mass is 9.47. The molecule has 0 unspecified atom stereocenters. The van der Waals surface area contributed by atoms with Crippen LogP contribution in [-0.4, -0.2) is 16.5 Å². The summed E-state index contributed by atoms with van der Waals surface area (Å²) in [5, 5.41) is 0.607. The van der Waals surface area contributed by atoms with E-state index in [4.69, 9.17) is 4.74 Å². The van der Waals surface area contributed by atoms with Gasteiger partial charge in [0.25, 0.3) is 0 Å². The summed E-state index contributed by atoms with van der Waals surface area (Å²) in [6.45, 7) is 14.7. The van der Waals surface area contributed by atoms with Crippen molar-refractivity contribution in [3.05, 3.63) is 42.0 Å². The van der Waals surface area contributed by atoms with E-state index in [2.05, 4.69) is 47.6 Å². The zero-order valence-corrected chi connectivity index (χ0v) is 27.1. The molecule has 3 heteroatoms. The number of hydrogen-bond acceptors (Lipinski definition) is 3. The van der Waals surface area contributed by atoms with Crippen LogP contribution < -0.4 is 4.74 Å². The molecule has 2 nitrogen and oxygen atoms in total. The molecule has 5 rings (SSSR count). The molecule has 0 amide bonds. The molecule has 0 N–H and O–H groups in total. The highest BCUT2D eigenvalue weighted by molar-refractivity contribution is 8.14. The number of para-hydroxylation sites is 1. The van der Waals surface area contributed by atoms with E-state index >= 15 is 0 Å². The fourth-order valence-electron chi connectivity index (χ4n) is 9.95. The van der Waals surface area contributed by atoms with Gasteiger partial charge < -0.3 is 4.74 Å². The van der Waals surface area contributed by atoms with Crippen molar-refractivity contribution in [2.45, 2.75) is 130 Å². The van der Waals surface area contributed by atoms with Crippen LogP contribution in [0.25, 0.3) is 0 Å². The lowest BCUT2D eigenvalue weighted by Crippen LogP contribution is -2.50. The Bertz CT molecular complexity index is 1030. The Kier molecular flexibility index (Phi) is 9.50. The maximum Gasteiger partial charge on any atom is 0.229 e. The number of thioether (sulfide) groups is 1. The van der Waals surface area contributed by atoms with Gasteiger partial charge >= 0.3 is 0 Å². The van der Waals surface area contributed by atoms with Crippen LogP contribution in [0.2, 0.25) is 0 Å². The molecule has 0 heterocycles. The predicted molar refractivity (Wildman–Crippen MR) is 171 cm³/mol. The minimum Gasteiger partial charge on any atom is -0.482 e. The van der Waals surface area contributed by atoms with Gasteiger partial charge in [0.1, 0.15) is 5.75 Å². The van der Waals surface area contributed by atoms with Crippen molar-refractivity contribution in [2.75, 3.05) is 0 Å². The van der Waals surface area contributed by atoms with Gasteiger partial charge in [0, 0.05) is 5.25 Å². The summed E-state index contributed by atoms with van der Waals surface area (Å²) >= 11 is 1.58. The van der Waals surface area contributed by atoms with Crippen LogP contribution >= 0.6 is 11.8 Å². The second kappa shape index (κ2) is 12.6. The van der Waals surface area contributed by atoms with E-state index in [1.165, 1.54) is 57.8 Å². The molecule has 0 aromatic heterocycles. The second-order valence-electron chi connectivity index (χ2n) is 14.9. The Morgan fingerprint density at radius 3 is 2.50 bits per heavy atom. The maximum atomic E-state index is 13.3. The van der Waals surface area contributed by atoms with Gasteiger partial charge in [-0.1, -0.05) is 102 Å². The van der Waals surface area contributed by atoms with E-state index in [0.29, 0.717) is 16.1 Å². The molecule has 0 spiro atoms. The number of hydrogen-bond donors (Lipinski definition) is 0. The van der Waals surface area contributed by atoms with Crippen molar-refractivity contribution in [1.29, 1.82) is 0 Å². The van der Waals surface area contributed by atoms with Crippen molar-refractivity contribution in [2.24, 2.45) is 46.3 Å². The normalized spacial score (nSPS) is 36.7. The average Bonchev–Trinajstić information content (AvgIpc) is 3.29. The number of carbonyl (C=O) groups is 1. The monoisotopic (exact) mass is 564 g/mol. The van der Waals surface area contributed by atoms with Crippen molar-refractivity contribution < 1.29 is 9.53 Å². The van der Waals surface area contributed by atoms with E-state index in [0.717, 1.165) is 60.5 Å². The molecule has 1 aromatic carbocycles. The summed E-state index contributed by atoms with van der Waals surface area (Å²) < 4.78 is 6.09. The SMILES string of the molecule is CC[C@H](Oc1ccccc1)C(=O)S[C@H]1CC[C@@]2(C)C(=CC[C@H]3[C@@H]4CC[C@H]([C@@H](C)CCCC(C)C)[C@@]4(C)CC[C@@H]32)C1. The van der Waals surface area contributed by atoms with Gasteiger partial charge in [-0.2, -0.15) is 0 Å². The maximum absolute atomic E-state index is 13.3. The molecule has 4 aliphatic rings. The Hall–Kier alpha value is -1.22. The largest absolute Gasteiger partial charge is 0.482 e. The predicted octanol–water partition coefficient (Wildman–Crippen LogP) is 10.5. The van der Waals surface area contributed by atoms with Crippen molar-refractivity contribution in [3.63, 3.8) is 0 Å². The van der Waals surface area contributed by atoms with Gasteiger partial charge in [0.05, 0.1) is 0 Å². The highest BCUT2D eigenvalue weighted by atomic mass is 32.2. The summed E-state index contributed by atoms with van der Waals surface area (Å²) in [7, 11) is 0. The van der Waals surface area contributed by atoms with E-state index in [-0.39, 0.29) is 11.2 Å². The molecule has 3 saturated carbocycles. The number of benzene rings is 1. The topological polar surface area (TPSA) is 26.3 Å². The minimum absolute atomic E-state index is 0.210. The van der Waals surface area contributed by atoms with Crippen LogP contribution in [0.3, 0.4) is 0 Å². The van der Waals surface area contributed by atoms with Gasteiger partial charge in [0.2, 0.25) is 5.12 Å². The lowest BCUT2D eigenvalue weighted by molar-refractivity contribution is -0.117.